The minimum atomic E-state index is -0.109. The lowest BCUT2D eigenvalue weighted by Gasteiger charge is -2.14. The van der Waals surface area contributed by atoms with E-state index in [-0.39, 0.29) is 12.5 Å². The maximum Gasteiger partial charge on any atom is 0.245 e. The van der Waals surface area contributed by atoms with E-state index >= 15 is 0 Å². The van der Waals surface area contributed by atoms with Gasteiger partial charge < -0.3 is 10.1 Å². The van der Waals surface area contributed by atoms with Gasteiger partial charge in [0.25, 0.3) is 0 Å². The van der Waals surface area contributed by atoms with Gasteiger partial charge in [0.15, 0.2) is 0 Å². The topological polar surface area (TPSA) is 38.3 Å². The molecule has 0 heterocycles. The average Bonchev–Trinajstić information content (AvgIpc) is 2.60. The SMILES string of the molecule is CNC(=O)COCc1ccc2ccc3cccc4ccc1c2c34. The summed E-state index contributed by atoms with van der Waals surface area (Å²) in [6.07, 6.45) is 0. The quantitative estimate of drug-likeness (QED) is 0.582. The van der Waals surface area contributed by atoms with E-state index in [0.29, 0.717) is 6.61 Å². The Bertz CT molecular complexity index is 991. The highest BCUT2D eigenvalue weighted by Crippen LogP contribution is 2.35. The van der Waals surface area contributed by atoms with Crippen molar-refractivity contribution in [2.75, 3.05) is 13.7 Å². The standard InChI is InChI=1S/C20H17NO2/c1-21-18(22)12-23-11-16-8-7-15-6-5-13-3-2-4-14-9-10-17(16)20(15)19(13)14/h2-10H,11-12H2,1H3,(H,21,22). The summed E-state index contributed by atoms with van der Waals surface area (Å²) in [7, 11) is 1.61. The molecule has 0 unspecified atom stereocenters. The van der Waals surface area contributed by atoms with E-state index < -0.39 is 0 Å². The van der Waals surface area contributed by atoms with Crippen molar-refractivity contribution in [3.05, 3.63) is 60.2 Å². The fourth-order valence-corrected chi connectivity index (χ4v) is 3.25. The molecule has 4 aromatic rings. The number of rotatable bonds is 4. The van der Waals surface area contributed by atoms with Crippen LogP contribution in [0.1, 0.15) is 5.56 Å². The van der Waals surface area contributed by atoms with E-state index in [1.165, 1.54) is 32.3 Å². The Balaban J connectivity index is 1.85. The van der Waals surface area contributed by atoms with Crippen molar-refractivity contribution in [2.24, 2.45) is 0 Å². The Kier molecular flexibility index (Phi) is 3.36. The first kappa shape index (κ1) is 14.0. The number of carbonyl (C=O) groups excluding carboxylic acids is 1. The van der Waals surface area contributed by atoms with Gasteiger partial charge in [-0.2, -0.15) is 0 Å². The van der Waals surface area contributed by atoms with Gasteiger partial charge in [-0.3, -0.25) is 4.79 Å². The van der Waals surface area contributed by atoms with Crippen LogP contribution in [0.15, 0.2) is 54.6 Å². The molecule has 23 heavy (non-hydrogen) atoms. The Morgan fingerprint density at radius 2 is 1.57 bits per heavy atom. The second kappa shape index (κ2) is 5.52. The third-order valence-corrected chi connectivity index (χ3v) is 4.39. The molecule has 0 spiro atoms. The lowest BCUT2D eigenvalue weighted by atomic mass is 9.92. The first-order chi connectivity index (χ1) is 11.3. The number of hydrogen-bond donors (Lipinski definition) is 1. The number of amides is 1. The Morgan fingerprint density at radius 1 is 0.913 bits per heavy atom. The highest BCUT2D eigenvalue weighted by Gasteiger charge is 2.10. The summed E-state index contributed by atoms with van der Waals surface area (Å²) >= 11 is 0. The highest BCUT2D eigenvalue weighted by molar-refractivity contribution is 6.23. The molecule has 0 saturated carbocycles. The fourth-order valence-electron chi connectivity index (χ4n) is 3.25. The first-order valence-electron chi connectivity index (χ1n) is 7.71. The van der Waals surface area contributed by atoms with E-state index in [4.69, 9.17) is 4.74 Å². The van der Waals surface area contributed by atoms with Crippen molar-refractivity contribution in [3.8, 4) is 0 Å². The van der Waals surface area contributed by atoms with Crippen LogP contribution in [0.2, 0.25) is 0 Å². The van der Waals surface area contributed by atoms with Gasteiger partial charge in [0, 0.05) is 7.05 Å². The average molecular weight is 303 g/mol. The molecule has 3 nitrogen and oxygen atoms in total. The van der Waals surface area contributed by atoms with Crippen molar-refractivity contribution >= 4 is 38.2 Å². The van der Waals surface area contributed by atoms with E-state index in [0.717, 1.165) is 5.56 Å². The predicted molar refractivity (Wildman–Crippen MR) is 93.9 cm³/mol. The number of benzene rings is 4. The van der Waals surface area contributed by atoms with Gasteiger partial charge in [0.05, 0.1) is 6.61 Å². The van der Waals surface area contributed by atoms with E-state index in [1.54, 1.807) is 7.05 Å². The van der Waals surface area contributed by atoms with Crippen LogP contribution in [0, 0.1) is 0 Å². The summed E-state index contributed by atoms with van der Waals surface area (Å²) in [6, 6.07) is 19.3. The minimum absolute atomic E-state index is 0.0818. The molecular weight excluding hydrogens is 286 g/mol. The lowest BCUT2D eigenvalue weighted by molar-refractivity contribution is -0.125. The van der Waals surface area contributed by atoms with Gasteiger partial charge in [0.1, 0.15) is 6.61 Å². The minimum Gasteiger partial charge on any atom is -0.367 e. The number of hydrogen-bond acceptors (Lipinski definition) is 2. The van der Waals surface area contributed by atoms with Crippen LogP contribution in [-0.2, 0) is 16.1 Å². The second-order valence-electron chi connectivity index (χ2n) is 5.75. The number of carbonyl (C=O) groups is 1. The molecule has 0 aliphatic rings. The van der Waals surface area contributed by atoms with Gasteiger partial charge >= 0.3 is 0 Å². The van der Waals surface area contributed by atoms with Gasteiger partial charge in [-0.05, 0) is 37.9 Å². The third-order valence-electron chi connectivity index (χ3n) is 4.39. The molecule has 0 atom stereocenters. The van der Waals surface area contributed by atoms with Crippen molar-refractivity contribution in [2.45, 2.75) is 6.61 Å². The fraction of sp³-hybridized carbons (Fsp3) is 0.150. The van der Waals surface area contributed by atoms with Crippen LogP contribution < -0.4 is 5.32 Å². The molecule has 4 aromatic carbocycles. The van der Waals surface area contributed by atoms with Gasteiger partial charge in [0.2, 0.25) is 5.91 Å². The number of ether oxygens (including phenoxy) is 1. The van der Waals surface area contributed by atoms with Gasteiger partial charge in [-0.25, -0.2) is 0 Å². The molecule has 114 valence electrons. The summed E-state index contributed by atoms with van der Waals surface area (Å²) in [5.41, 5.74) is 1.11. The largest absolute Gasteiger partial charge is 0.367 e. The molecule has 0 bridgehead atoms. The first-order valence-corrected chi connectivity index (χ1v) is 7.71. The van der Waals surface area contributed by atoms with Crippen LogP contribution in [0.5, 0.6) is 0 Å². The monoisotopic (exact) mass is 303 g/mol. The molecule has 0 aromatic heterocycles. The maximum atomic E-state index is 11.3. The van der Waals surface area contributed by atoms with Crippen LogP contribution in [0.25, 0.3) is 32.3 Å². The molecule has 0 fully saturated rings. The zero-order valence-electron chi connectivity index (χ0n) is 12.9. The van der Waals surface area contributed by atoms with Crippen LogP contribution in [0.4, 0.5) is 0 Å². The zero-order chi connectivity index (χ0) is 15.8. The predicted octanol–water partition coefficient (Wildman–Crippen LogP) is 3.85. The van der Waals surface area contributed by atoms with Crippen molar-refractivity contribution < 1.29 is 9.53 Å². The summed E-state index contributed by atoms with van der Waals surface area (Å²) in [6.45, 7) is 0.514. The highest BCUT2D eigenvalue weighted by atomic mass is 16.5. The van der Waals surface area contributed by atoms with Crippen molar-refractivity contribution in [3.63, 3.8) is 0 Å². The molecular formula is C20H17NO2. The Hall–Kier alpha value is -2.65. The normalized spacial score (nSPS) is 11.5. The Labute approximate surface area is 134 Å². The molecule has 1 amide bonds. The van der Waals surface area contributed by atoms with Crippen LogP contribution in [-0.4, -0.2) is 19.6 Å². The van der Waals surface area contributed by atoms with Gasteiger partial charge in [-0.15, -0.1) is 0 Å². The summed E-state index contributed by atoms with van der Waals surface area (Å²) in [5.74, 6) is -0.109. The van der Waals surface area contributed by atoms with E-state index in [1.807, 2.05) is 0 Å². The molecule has 3 heteroatoms. The summed E-state index contributed by atoms with van der Waals surface area (Å²) in [4.78, 5) is 11.3. The van der Waals surface area contributed by atoms with E-state index in [9.17, 15) is 4.79 Å². The molecule has 0 saturated heterocycles. The molecule has 0 aliphatic carbocycles. The zero-order valence-corrected chi connectivity index (χ0v) is 12.9. The summed E-state index contributed by atoms with van der Waals surface area (Å²) in [5, 5.41) is 10.1. The van der Waals surface area contributed by atoms with Crippen LogP contribution in [0.3, 0.4) is 0 Å². The number of likely N-dealkylation sites (N-methyl/N-ethyl adjacent to an activating group) is 1. The summed E-state index contributed by atoms with van der Waals surface area (Å²) < 4.78 is 5.55. The molecule has 4 rings (SSSR count). The maximum absolute atomic E-state index is 11.3. The molecule has 1 N–H and O–H groups in total. The second-order valence-corrected chi connectivity index (χ2v) is 5.75. The van der Waals surface area contributed by atoms with Crippen molar-refractivity contribution in [1.82, 2.24) is 5.32 Å². The van der Waals surface area contributed by atoms with Gasteiger partial charge in [-0.1, -0.05) is 54.6 Å². The Morgan fingerprint density at radius 3 is 2.30 bits per heavy atom. The van der Waals surface area contributed by atoms with E-state index in [2.05, 4.69) is 59.9 Å². The lowest BCUT2D eigenvalue weighted by Crippen LogP contribution is -2.23. The van der Waals surface area contributed by atoms with Crippen molar-refractivity contribution in [1.29, 1.82) is 0 Å². The molecule has 0 aliphatic heterocycles. The third kappa shape index (κ3) is 2.30. The smallest absolute Gasteiger partial charge is 0.245 e. The number of nitrogens with one attached hydrogen (secondary N) is 1. The van der Waals surface area contributed by atoms with Crippen LogP contribution >= 0.6 is 0 Å². The molecule has 0 radical (unpaired) electrons.